The van der Waals surface area contributed by atoms with Crippen LogP contribution in [-0.2, 0) is 6.54 Å². The number of urea groups is 1. The number of pyridine rings is 1. The predicted octanol–water partition coefficient (Wildman–Crippen LogP) is 1.94. The van der Waals surface area contributed by atoms with Crippen LogP contribution in [0.3, 0.4) is 0 Å². The second-order valence-electron chi connectivity index (χ2n) is 5.41. The summed E-state index contributed by atoms with van der Waals surface area (Å²) in [5, 5.41) is 15.6. The lowest BCUT2D eigenvalue weighted by molar-refractivity contribution is 0.0650. The summed E-state index contributed by atoms with van der Waals surface area (Å²) in [5.41, 5.74) is 0.460. The van der Waals surface area contributed by atoms with E-state index in [-0.39, 0.29) is 18.0 Å². The van der Waals surface area contributed by atoms with Crippen molar-refractivity contribution in [2.24, 2.45) is 5.41 Å². The van der Waals surface area contributed by atoms with Gasteiger partial charge in [0.25, 0.3) is 0 Å². The van der Waals surface area contributed by atoms with Crippen LogP contribution in [0.1, 0.15) is 26.5 Å². The van der Waals surface area contributed by atoms with E-state index in [0.717, 1.165) is 5.69 Å². The molecular weight excluding hydrogens is 266 g/mol. The summed E-state index contributed by atoms with van der Waals surface area (Å²) >= 11 is 5.71. The van der Waals surface area contributed by atoms with E-state index < -0.39 is 6.10 Å². The maximum absolute atomic E-state index is 11.5. The first-order valence-electron chi connectivity index (χ1n) is 6.09. The third-order valence-corrected chi connectivity index (χ3v) is 2.90. The van der Waals surface area contributed by atoms with Crippen LogP contribution < -0.4 is 10.6 Å². The number of aromatic nitrogens is 1. The normalized spacial score (nSPS) is 12.9. The first kappa shape index (κ1) is 15.7. The molecule has 0 aliphatic rings. The molecule has 5 nitrogen and oxygen atoms in total. The van der Waals surface area contributed by atoms with Gasteiger partial charge in [0.05, 0.1) is 23.4 Å². The topological polar surface area (TPSA) is 74.2 Å². The van der Waals surface area contributed by atoms with Crippen LogP contribution in [0.5, 0.6) is 0 Å². The summed E-state index contributed by atoms with van der Waals surface area (Å²) in [7, 11) is 0. The molecule has 2 amide bonds. The standard InChI is InChI=1S/C13H20ClN3O2/c1-13(2,3)11(18)8-17-12(19)16-7-10-5-4-9(14)6-15-10/h4-6,11,18H,7-8H2,1-3H3,(H2,16,17,19). The quantitative estimate of drug-likeness (QED) is 0.791. The molecule has 6 heteroatoms. The molecule has 0 fully saturated rings. The van der Waals surface area contributed by atoms with E-state index in [0.29, 0.717) is 11.6 Å². The molecule has 1 heterocycles. The summed E-state index contributed by atoms with van der Waals surface area (Å²) in [6.07, 6.45) is 0.937. The molecule has 1 rings (SSSR count). The Morgan fingerprint density at radius 1 is 1.42 bits per heavy atom. The summed E-state index contributed by atoms with van der Waals surface area (Å²) in [4.78, 5) is 15.6. The van der Waals surface area contributed by atoms with Crippen LogP contribution >= 0.6 is 11.6 Å². The van der Waals surface area contributed by atoms with Gasteiger partial charge in [-0.2, -0.15) is 0 Å². The fraction of sp³-hybridized carbons (Fsp3) is 0.538. The summed E-state index contributed by atoms with van der Waals surface area (Å²) < 4.78 is 0. The summed E-state index contributed by atoms with van der Waals surface area (Å²) in [6, 6.07) is 3.12. The number of carbonyl (C=O) groups excluding carboxylic acids is 1. The van der Waals surface area contributed by atoms with E-state index in [9.17, 15) is 9.90 Å². The van der Waals surface area contributed by atoms with Crippen molar-refractivity contribution in [3.63, 3.8) is 0 Å². The Kier molecular flexibility index (Phi) is 5.57. The fourth-order valence-electron chi connectivity index (χ4n) is 1.24. The Hall–Kier alpha value is -1.33. The van der Waals surface area contributed by atoms with Gasteiger partial charge in [-0.1, -0.05) is 32.4 Å². The Morgan fingerprint density at radius 3 is 2.63 bits per heavy atom. The number of nitrogens with zero attached hydrogens (tertiary/aromatic N) is 1. The molecule has 0 spiro atoms. The first-order valence-corrected chi connectivity index (χ1v) is 6.47. The molecular formula is C13H20ClN3O2. The van der Waals surface area contributed by atoms with Gasteiger partial charge < -0.3 is 15.7 Å². The van der Waals surface area contributed by atoms with E-state index in [4.69, 9.17) is 11.6 Å². The minimum Gasteiger partial charge on any atom is -0.391 e. The molecule has 0 radical (unpaired) electrons. The Balaban J connectivity index is 2.30. The van der Waals surface area contributed by atoms with Gasteiger partial charge in [0.1, 0.15) is 0 Å². The smallest absolute Gasteiger partial charge is 0.315 e. The molecule has 0 saturated carbocycles. The highest BCUT2D eigenvalue weighted by Crippen LogP contribution is 2.17. The molecule has 1 unspecified atom stereocenters. The number of rotatable bonds is 4. The zero-order valence-corrected chi connectivity index (χ0v) is 12.2. The van der Waals surface area contributed by atoms with Crippen LogP contribution in [0, 0.1) is 5.41 Å². The number of hydrogen-bond donors (Lipinski definition) is 3. The number of carbonyl (C=O) groups is 1. The molecule has 1 aromatic heterocycles. The second kappa shape index (κ2) is 6.73. The van der Waals surface area contributed by atoms with E-state index in [1.807, 2.05) is 20.8 Å². The maximum Gasteiger partial charge on any atom is 0.315 e. The molecule has 1 atom stereocenters. The molecule has 1 aromatic rings. The van der Waals surface area contributed by atoms with E-state index in [2.05, 4.69) is 15.6 Å². The lowest BCUT2D eigenvalue weighted by Gasteiger charge is -2.25. The minimum absolute atomic E-state index is 0.212. The van der Waals surface area contributed by atoms with E-state index in [1.54, 1.807) is 12.1 Å². The van der Waals surface area contributed by atoms with Crippen molar-refractivity contribution in [3.8, 4) is 0 Å². The van der Waals surface area contributed by atoms with Gasteiger partial charge in [-0.15, -0.1) is 0 Å². The van der Waals surface area contributed by atoms with E-state index in [1.165, 1.54) is 6.20 Å². The van der Waals surface area contributed by atoms with Crippen LogP contribution in [-0.4, -0.2) is 28.8 Å². The van der Waals surface area contributed by atoms with Crippen molar-refractivity contribution in [2.75, 3.05) is 6.54 Å². The van der Waals surface area contributed by atoms with Crippen molar-refractivity contribution in [1.82, 2.24) is 15.6 Å². The predicted molar refractivity (Wildman–Crippen MR) is 74.9 cm³/mol. The SMILES string of the molecule is CC(C)(C)C(O)CNC(=O)NCc1ccc(Cl)cn1. The number of nitrogens with one attached hydrogen (secondary N) is 2. The second-order valence-corrected chi connectivity index (χ2v) is 5.85. The molecule has 0 aliphatic heterocycles. The lowest BCUT2D eigenvalue weighted by Crippen LogP contribution is -2.43. The van der Waals surface area contributed by atoms with Gasteiger partial charge in [-0.05, 0) is 17.5 Å². The molecule has 0 bridgehead atoms. The number of aliphatic hydroxyl groups is 1. The van der Waals surface area contributed by atoms with Crippen molar-refractivity contribution < 1.29 is 9.90 Å². The zero-order valence-electron chi connectivity index (χ0n) is 11.4. The monoisotopic (exact) mass is 285 g/mol. The van der Waals surface area contributed by atoms with Gasteiger partial charge in [0.2, 0.25) is 0 Å². The van der Waals surface area contributed by atoms with Gasteiger partial charge in [0.15, 0.2) is 0 Å². The number of halogens is 1. The van der Waals surface area contributed by atoms with Crippen LogP contribution in [0.4, 0.5) is 4.79 Å². The molecule has 106 valence electrons. The van der Waals surface area contributed by atoms with Gasteiger partial charge in [-0.3, -0.25) is 4.98 Å². The average molecular weight is 286 g/mol. The Labute approximate surface area is 118 Å². The van der Waals surface area contributed by atoms with E-state index >= 15 is 0 Å². The van der Waals surface area contributed by atoms with Crippen LogP contribution in [0.2, 0.25) is 5.02 Å². The number of amides is 2. The van der Waals surface area contributed by atoms with Crippen molar-refractivity contribution in [3.05, 3.63) is 29.0 Å². The van der Waals surface area contributed by atoms with Crippen molar-refractivity contribution in [1.29, 1.82) is 0 Å². The van der Waals surface area contributed by atoms with Crippen molar-refractivity contribution in [2.45, 2.75) is 33.4 Å². The Morgan fingerprint density at radius 2 is 2.11 bits per heavy atom. The van der Waals surface area contributed by atoms with Gasteiger partial charge in [-0.25, -0.2) is 4.79 Å². The highest BCUT2D eigenvalue weighted by Gasteiger charge is 2.22. The third-order valence-electron chi connectivity index (χ3n) is 2.67. The first-order chi connectivity index (χ1) is 8.79. The molecule has 3 N–H and O–H groups in total. The van der Waals surface area contributed by atoms with Crippen molar-refractivity contribution >= 4 is 17.6 Å². The van der Waals surface area contributed by atoms with Gasteiger partial charge >= 0.3 is 6.03 Å². The molecule has 19 heavy (non-hydrogen) atoms. The van der Waals surface area contributed by atoms with Gasteiger partial charge in [0, 0.05) is 12.7 Å². The lowest BCUT2D eigenvalue weighted by atomic mass is 9.89. The Bertz CT molecular complexity index is 415. The zero-order chi connectivity index (χ0) is 14.5. The number of aliphatic hydroxyl groups excluding tert-OH is 1. The number of hydrogen-bond acceptors (Lipinski definition) is 3. The van der Waals surface area contributed by atoms with Crippen LogP contribution in [0.15, 0.2) is 18.3 Å². The molecule has 0 saturated heterocycles. The molecule has 0 aliphatic carbocycles. The maximum atomic E-state index is 11.5. The highest BCUT2D eigenvalue weighted by atomic mass is 35.5. The summed E-state index contributed by atoms with van der Waals surface area (Å²) in [5.74, 6) is 0. The summed E-state index contributed by atoms with van der Waals surface area (Å²) in [6.45, 7) is 6.26. The fourth-order valence-corrected chi connectivity index (χ4v) is 1.35. The highest BCUT2D eigenvalue weighted by molar-refractivity contribution is 6.30. The average Bonchev–Trinajstić information content (AvgIpc) is 2.34. The minimum atomic E-state index is -0.591. The third kappa shape index (κ3) is 5.89. The largest absolute Gasteiger partial charge is 0.391 e. The molecule has 0 aromatic carbocycles. The van der Waals surface area contributed by atoms with Crippen LogP contribution in [0.25, 0.3) is 0 Å².